The van der Waals surface area contributed by atoms with Gasteiger partial charge in [-0.15, -0.1) is 11.8 Å². The predicted molar refractivity (Wildman–Crippen MR) is 87.7 cm³/mol. The summed E-state index contributed by atoms with van der Waals surface area (Å²) in [6.45, 7) is 1.54. The zero-order valence-corrected chi connectivity index (χ0v) is 13.7. The molecule has 0 N–H and O–H groups in total. The molecule has 2 aliphatic rings. The van der Waals surface area contributed by atoms with E-state index in [1.54, 1.807) is 25.3 Å². The van der Waals surface area contributed by atoms with Crippen LogP contribution in [0.4, 0.5) is 0 Å². The number of nitrogens with zero attached hydrogens (tertiary/aromatic N) is 1. The highest BCUT2D eigenvalue weighted by atomic mass is 35.5. The summed E-state index contributed by atoms with van der Waals surface area (Å²) < 4.78 is 11.3. The molecule has 4 rings (SSSR count). The van der Waals surface area contributed by atoms with Gasteiger partial charge in [-0.25, -0.2) is 0 Å². The molecule has 1 aromatic heterocycles. The second-order valence-electron chi connectivity index (χ2n) is 6.01. The van der Waals surface area contributed by atoms with E-state index in [9.17, 15) is 4.79 Å². The molecule has 22 heavy (non-hydrogen) atoms. The van der Waals surface area contributed by atoms with Crippen molar-refractivity contribution in [2.45, 2.75) is 17.3 Å². The molecule has 0 radical (unpaired) electrons. The highest BCUT2D eigenvalue weighted by Gasteiger charge is 2.51. The third kappa shape index (κ3) is 2.32. The molecule has 1 unspecified atom stereocenters. The molecule has 0 aliphatic carbocycles. The maximum Gasteiger partial charge on any atom is 0.289 e. The van der Waals surface area contributed by atoms with E-state index in [4.69, 9.17) is 20.8 Å². The summed E-state index contributed by atoms with van der Waals surface area (Å²) in [6.07, 6.45) is 1.34. The Morgan fingerprint density at radius 2 is 2.27 bits per heavy atom. The number of halogens is 1. The Labute approximate surface area is 137 Å². The fourth-order valence-corrected chi connectivity index (χ4v) is 5.01. The quantitative estimate of drug-likeness (QED) is 0.842. The van der Waals surface area contributed by atoms with Crippen LogP contribution in [0.1, 0.15) is 17.0 Å². The van der Waals surface area contributed by atoms with Crippen molar-refractivity contribution in [1.82, 2.24) is 4.90 Å². The van der Waals surface area contributed by atoms with E-state index in [-0.39, 0.29) is 10.7 Å². The summed E-state index contributed by atoms with van der Waals surface area (Å²) in [7, 11) is 1.76. The molecular weight excluding hydrogens is 322 g/mol. The number of fused-ring (bicyclic) bond motifs is 1. The molecule has 6 heteroatoms. The van der Waals surface area contributed by atoms with Crippen molar-refractivity contribution in [2.24, 2.45) is 0 Å². The lowest BCUT2D eigenvalue weighted by Gasteiger charge is -2.47. The smallest absolute Gasteiger partial charge is 0.289 e. The average molecular weight is 338 g/mol. The zero-order chi connectivity index (χ0) is 15.3. The molecule has 4 nitrogen and oxygen atoms in total. The number of ether oxygens (including phenoxy) is 1. The van der Waals surface area contributed by atoms with Gasteiger partial charge in [0.25, 0.3) is 5.91 Å². The monoisotopic (exact) mass is 337 g/mol. The lowest BCUT2D eigenvalue weighted by atomic mass is 9.92. The highest BCUT2D eigenvalue weighted by molar-refractivity contribution is 8.01. The van der Waals surface area contributed by atoms with Crippen LogP contribution in [-0.4, -0.2) is 47.6 Å². The number of furan rings is 1. The Bertz CT molecular complexity index is 738. The molecule has 1 amide bonds. The number of hydrogen-bond acceptors (Lipinski definition) is 4. The molecule has 0 bridgehead atoms. The van der Waals surface area contributed by atoms with Crippen molar-refractivity contribution in [3.05, 3.63) is 35.0 Å². The van der Waals surface area contributed by atoms with Crippen molar-refractivity contribution in [3.63, 3.8) is 0 Å². The minimum Gasteiger partial charge on any atom is -0.451 e. The number of amides is 1. The van der Waals surface area contributed by atoms with Crippen LogP contribution in [0.25, 0.3) is 11.0 Å². The Morgan fingerprint density at radius 3 is 3.00 bits per heavy atom. The van der Waals surface area contributed by atoms with Gasteiger partial charge in [0.2, 0.25) is 0 Å². The molecular formula is C16H16ClNO3S. The molecule has 1 aromatic carbocycles. The minimum atomic E-state index is -0.0422. The Hall–Kier alpha value is -1.17. The molecule has 0 saturated carbocycles. The van der Waals surface area contributed by atoms with Crippen LogP contribution < -0.4 is 0 Å². The molecule has 1 atom stereocenters. The average Bonchev–Trinajstić information content (AvgIpc) is 3.08. The molecule has 116 valence electrons. The van der Waals surface area contributed by atoms with Crippen LogP contribution in [0.2, 0.25) is 5.02 Å². The summed E-state index contributed by atoms with van der Waals surface area (Å²) >= 11 is 7.89. The van der Waals surface area contributed by atoms with Gasteiger partial charge in [0, 0.05) is 36.4 Å². The number of methoxy groups -OCH3 is 1. The van der Waals surface area contributed by atoms with Crippen LogP contribution in [0.5, 0.6) is 0 Å². The molecule has 3 heterocycles. The van der Waals surface area contributed by atoms with Gasteiger partial charge in [0.1, 0.15) is 5.58 Å². The van der Waals surface area contributed by atoms with Gasteiger partial charge in [-0.3, -0.25) is 4.79 Å². The molecule has 2 aromatic rings. The zero-order valence-electron chi connectivity index (χ0n) is 12.2. The topological polar surface area (TPSA) is 42.7 Å². The van der Waals surface area contributed by atoms with Crippen molar-refractivity contribution in [1.29, 1.82) is 0 Å². The molecule has 1 spiro atoms. The van der Waals surface area contributed by atoms with E-state index in [1.165, 1.54) is 0 Å². The second-order valence-corrected chi connectivity index (χ2v) is 7.93. The van der Waals surface area contributed by atoms with Gasteiger partial charge in [0.15, 0.2) is 5.76 Å². The van der Waals surface area contributed by atoms with Gasteiger partial charge >= 0.3 is 0 Å². The van der Waals surface area contributed by atoms with Crippen molar-refractivity contribution >= 4 is 40.2 Å². The highest BCUT2D eigenvalue weighted by Crippen LogP contribution is 2.46. The first-order chi connectivity index (χ1) is 10.6. The predicted octanol–water partition coefficient (Wildman–Crippen LogP) is 3.43. The van der Waals surface area contributed by atoms with Crippen LogP contribution in [0, 0.1) is 0 Å². The van der Waals surface area contributed by atoms with Crippen molar-refractivity contribution in [3.8, 4) is 0 Å². The fourth-order valence-electron chi connectivity index (χ4n) is 3.24. The summed E-state index contributed by atoms with van der Waals surface area (Å²) in [5.41, 5.74) is 0.692. The third-order valence-corrected chi connectivity index (χ3v) is 6.25. The minimum absolute atomic E-state index is 0.0422. The standard InChI is InChI=1S/C16H16ClNO3S/c1-20-12-6-16(22-7-12)8-18(9-16)15(19)14-5-10-4-11(17)2-3-13(10)21-14/h2-5,12H,6-9H2,1H3. The lowest BCUT2D eigenvalue weighted by Crippen LogP contribution is -2.60. The Kier molecular flexibility index (Phi) is 3.40. The second kappa shape index (κ2) is 5.18. The Balaban J connectivity index is 1.48. The summed E-state index contributed by atoms with van der Waals surface area (Å²) in [5, 5.41) is 1.50. The maximum atomic E-state index is 12.5. The number of carbonyl (C=O) groups excluding carboxylic acids is 1. The first-order valence-corrected chi connectivity index (χ1v) is 8.60. The van der Waals surface area contributed by atoms with Gasteiger partial charge < -0.3 is 14.1 Å². The van der Waals surface area contributed by atoms with Crippen LogP contribution >= 0.6 is 23.4 Å². The normalized spacial score (nSPS) is 23.2. The fraction of sp³-hybridized carbons (Fsp3) is 0.438. The van der Waals surface area contributed by atoms with Gasteiger partial charge in [-0.1, -0.05) is 11.6 Å². The van der Waals surface area contributed by atoms with E-state index in [0.717, 1.165) is 30.6 Å². The van der Waals surface area contributed by atoms with E-state index in [0.29, 0.717) is 22.5 Å². The van der Waals surface area contributed by atoms with Gasteiger partial charge in [-0.05, 0) is 30.7 Å². The number of rotatable bonds is 2. The lowest BCUT2D eigenvalue weighted by molar-refractivity contribution is 0.0427. The largest absolute Gasteiger partial charge is 0.451 e. The van der Waals surface area contributed by atoms with Crippen LogP contribution in [-0.2, 0) is 4.74 Å². The number of thioether (sulfide) groups is 1. The molecule has 2 fully saturated rings. The van der Waals surface area contributed by atoms with Gasteiger partial charge in [-0.2, -0.15) is 0 Å². The number of benzene rings is 1. The van der Waals surface area contributed by atoms with Crippen LogP contribution in [0.15, 0.2) is 28.7 Å². The van der Waals surface area contributed by atoms with E-state index in [1.807, 2.05) is 22.7 Å². The summed E-state index contributed by atoms with van der Waals surface area (Å²) in [6, 6.07) is 7.14. The van der Waals surface area contributed by atoms with Crippen molar-refractivity contribution in [2.75, 3.05) is 26.0 Å². The van der Waals surface area contributed by atoms with E-state index in [2.05, 4.69) is 0 Å². The van der Waals surface area contributed by atoms with E-state index >= 15 is 0 Å². The number of likely N-dealkylation sites (tertiary alicyclic amines) is 1. The first kappa shape index (κ1) is 14.4. The Morgan fingerprint density at radius 1 is 1.45 bits per heavy atom. The first-order valence-electron chi connectivity index (χ1n) is 7.24. The number of hydrogen-bond donors (Lipinski definition) is 0. The SMILES string of the molecule is COC1CSC2(C1)CN(C(=O)c1cc3cc(Cl)ccc3o1)C2. The third-order valence-electron chi connectivity index (χ3n) is 4.44. The van der Waals surface area contributed by atoms with Gasteiger partial charge in [0.05, 0.1) is 10.9 Å². The summed E-state index contributed by atoms with van der Waals surface area (Å²) in [4.78, 5) is 14.4. The van der Waals surface area contributed by atoms with E-state index < -0.39 is 0 Å². The van der Waals surface area contributed by atoms with Crippen molar-refractivity contribution < 1.29 is 13.9 Å². The maximum absolute atomic E-state index is 12.5. The molecule has 2 saturated heterocycles. The number of carbonyl (C=O) groups is 1. The molecule has 2 aliphatic heterocycles. The van der Waals surface area contributed by atoms with Crippen LogP contribution in [0.3, 0.4) is 0 Å². The summed E-state index contributed by atoms with van der Waals surface area (Å²) in [5.74, 6) is 1.36.